The zero-order valence-electron chi connectivity index (χ0n) is 22.6. The fourth-order valence-corrected chi connectivity index (χ4v) is 5.84. The summed E-state index contributed by atoms with van der Waals surface area (Å²) < 4.78 is 1.43. The molecule has 2 aromatic rings. The smallest absolute Gasteiger partial charge is 0.338 e. The number of piperazine rings is 1. The van der Waals surface area contributed by atoms with Gasteiger partial charge in [-0.3, -0.25) is 19.6 Å². The second-order valence-corrected chi connectivity index (χ2v) is 11.5. The number of aromatic nitrogens is 2. The Morgan fingerprint density at radius 2 is 1.67 bits per heavy atom. The van der Waals surface area contributed by atoms with Crippen LogP contribution >= 0.6 is 0 Å². The maximum absolute atomic E-state index is 12.7. The zero-order valence-corrected chi connectivity index (χ0v) is 22.6. The standard InChI is InChI=1S/C27H39N9O3/c1-27(2,30)24(37)33-9-11-34(12-10-33)25(38)31-23-7-8-36(26(39)32-23)18-5-3-17(4-6-18)13-22(29)35-15-20-19(14-28)21(20)16-35/h3-8,19-22H,9-16,28-30H2,1-2H3,(H,31,32,38,39)/t19?,20-,21?,22-/m1/s1. The summed E-state index contributed by atoms with van der Waals surface area (Å²) in [6.07, 6.45) is 2.29. The molecule has 39 heavy (non-hydrogen) atoms. The van der Waals surface area contributed by atoms with Crippen molar-refractivity contribution in [2.75, 3.05) is 51.1 Å². The van der Waals surface area contributed by atoms with Gasteiger partial charge in [-0.2, -0.15) is 4.98 Å². The Morgan fingerprint density at radius 1 is 1.05 bits per heavy atom. The molecule has 1 aromatic carbocycles. The van der Waals surface area contributed by atoms with Crippen LogP contribution in [0.3, 0.4) is 0 Å². The molecule has 2 unspecified atom stereocenters. The fraction of sp³-hybridized carbons (Fsp3) is 0.556. The average Bonchev–Trinajstić information content (AvgIpc) is 3.38. The molecule has 2 aliphatic heterocycles. The lowest BCUT2D eigenvalue weighted by molar-refractivity contribution is -0.137. The SMILES string of the molecule is CC(C)(N)C(=O)N1CCN(C(=O)Nc2ccn(-c3ccc(C[C@H](N)N4CC5C(CN)[C@H]5C4)cc3)c(=O)n2)CC1. The molecule has 2 saturated heterocycles. The van der Waals surface area contributed by atoms with E-state index in [-0.39, 0.29) is 23.9 Å². The molecule has 5 rings (SSSR count). The highest BCUT2D eigenvalue weighted by Crippen LogP contribution is 2.51. The summed E-state index contributed by atoms with van der Waals surface area (Å²) in [6, 6.07) is 8.93. The molecule has 3 fully saturated rings. The number of benzene rings is 1. The van der Waals surface area contributed by atoms with Gasteiger partial charge in [0.25, 0.3) is 0 Å². The Kier molecular flexibility index (Phi) is 7.47. The van der Waals surface area contributed by atoms with Crippen molar-refractivity contribution in [1.29, 1.82) is 0 Å². The average molecular weight is 538 g/mol. The van der Waals surface area contributed by atoms with Crippen LogP contribution in [0.25, 0.3) is 5.69 Å². The number of nitrogens with zero attached hydrogens (tertiary/aromatic N) is 5. The van der Waals surface area contributed by atoms with Crippen LogP contribution in [0.15, 0.2) is 41.3 Å². The highest BCUT2D eigenvalue weighted by atomic mass is 16.2. The number of fused-ring (bicyclic) bond motifs is 1. The molecule has 12 heteroatoms. The van der Waals surface area contributed by atoms with E-state index < -0.39 is 11.2 Å². The van der Waals surface area contributed by atoms with Gasteiger partial charge in [0.05, 0.1) is 17.4 Å². The molecule has 1 aromatic heterocycles. The lowest BCUT2D eigenvalue weighted by atomic mass is 10.1. The molecule has 1 aliphatic carbocycles. The van der Waals surface area contributed by atoms with Crippen LogP contribution in [-0.4, -0.2) is 93.7 Å². The summed E-state index contributed by atoms with van der Waals surface area (Å²) in [4.78, 5) is 47.4. The first-order valence-electron chi connectivity index (χ1n) is 13.6. The number of anilines is 1. The minimum Gasteiger partial charge on any atom is -0.338 e. The number of nitrogens with two attached hydrogens (primary N) is 3. The second-order valence-electron chi connectivity index (χ2n) is 11.5. The highest BCUT2D eigenvalue weighted by molar-refractivity contribution is 5.89. The highest BCUT2D eigenvalue weighted by Gasteiger charge is 2.55. The van der Waals surface area contributed by atoms with Gasteiger partial charge in [-0.15, -0.1) is 0 Å². The number of likely N-dealkylation sites (tertiary alicyclic amines) is 1. The van der Waals surface area contributed by atoms with Gasteiger partial charge in [-0.05, 0) is 61.9 Å². The van der Waals surface area contributed by atoms with Crippen LogP contribution in [0.2, 0.25) is 0 Å². The quantitative estimate of drug-likeness (QED) is 0.370. The molecule has 3 amide bonds. The van der Waals surface area contributed by atoms with Crippen molar-refractivity contribution in [2.45, 2.75) is 32.0 Å². The number of rotatable bonds is 7. The molecule has 12 nitrogen and oxygen atoms in total. The van der Waals surface area contributed by atoms with Crippen LogP contribution < -0.4 is 28.2 Å². The lowest BCUT2D eigenvalue weighted by Crippen LogP contribution is -2.58. The first-order chi connectivity index (χ1) is 18.5. The van der Waals surface area contributed by atoms with Crippen LogP contribution in [-0.2, 0) is 11.2 Å². The fourth-order valence-electron chi connectivity index (χ4n) is 5.84. The zero-order chi connectivity index (χ0) is 27.9. The van der Waals surface area contributed by atoms with Gasteiger partial charge in [0, 0.05) is 51.9 Å². The first kappa shape index (κ1) is 27.3. The molecule has 210 valence electrons. The van der Waals surface area contributed by atoms with Crippen molar-refractivity contribution >= 4 is 17.8 Å². The largest absolute Gasteiger partial charge is 0.354 e. The topological polar surface area (TPSA) is 169 Å². The molecule has 0 spiro atoms. The third-order valence-electron chi connectivity index (χ3n) is 8.24. The Balaban J connectivity index is 1.13. The summed E-state index contributed by atoms with van der Waals surface area (Å²) in [5, 5.41) is 2.68. The van der Waals surface area contributed by atoms with Gasteiger partial charge in [-0.1, -0.05) is 12.1 Å². The van der Waals surface area contributed by atoms with E-state index in [4.69, 9.17) is 17.2 Å². The minimum absolute atomic E-state index is 0.0367. The maximum Gasteiger partial charge on any atom is 0.354 e. The molecule has 0 radical (unpaired) electrons. The second kappa shape index (κ2) is 10.7. The normalized spacial score (nSPS) is 23.9. The van der Waals surface area contributed by atoms with Gasteiger partial charge in [0.2, 0.25) is 5.91 Å². The van der Waals surface area contributed by atoms with E-state index in [1.165, 1.54) is 4.57 Å². The van der Waals surface area contributed by atoms with E-state index >= 15 is 0 Å². The van der Waals surface area contributed by atoms with Crippen molar-refractivity contribution in [1.82, 2.24) is 24.3 Å². The monoisotopic (exact) mass is 537 g/mol. The van der Waals surface area contributed by atoms with Crippen molar-refractivity contribution in [2.24, 2.45) is 35.0 Å². The van der Waals surface area contributed by atoms with E-state index in [1.54, 1.807) is 35.9 Å². The van der Waals surface area contributed by atoms with Crippen LogP contribution in [0.4, 0.5) is 10.6 Å². The van der Waals surface area contributed by atoms with Crippen LogP contribution in [0.5, 0.6) is 0 Å². The Hall–Kier alpha value is -3.32. The third kappa shape index (κ3) is 5.83. The molecular formula is C27H39N9O3. The predicted molar refractivity (Wildman–Crippen MR) is 148 cm³/mol. The number of carbonyl (C=O) groups is 2. The molecule has 3 aliphatic rings. The first-order valence-corrected chi connectivity index (χ1v) is 13.6. The molecule has 1 saturated carbocycles. The van der Waals surface area contributed by atoms with Crippen molar-refractivity contribution in [3.8, 4) is 5.69 Å². The van der Waals surface area contributed by atoms with E-state index in [9.17, 15) is 14.4 Å². The van der Waals surface area contributed by atoms with Gasteiger partial charge in [-0.25, -0.2) is 9.59 Å². The van der Waals surface area contributed by atoms with E-state index in [1.807, 2.05) is 24.3 Å². The van der Waals surface area contributed by atoms with E-state index in [0.717, 1.165) is 31.6 Å². The minimum atomic E-state index is -0.950. The van der Waals surface area contributed by atoms with Crippen LogP contribution in [0.1, 0.15) is 19.4 Å². The van der Waals surface area contributed by atoms with Gasteiger partial charge < -0.3 is 27.0 Å². The lowest BCUT2D eigenvalue weighted by Gasteiger charge is -2.37. The summed E-state index contributed by atoms with van der Waals surface area (Å²) in [6.45, 7) is 7.70. The molecule has 3 heterocycles. The van der Waals surface area contributed by atoms with E-state index in [2.05, 4.69) is 15.2 Å². The van der Waals surface area contributed by atoms with Gasteiger partial charge >= 0.3 is 11.7 Å². The Labute approximate surface area is 228 Å². The number of urea groups is 1. The maximum atomic E-state index is 12.7. The number of hydrogen-bond acceptors (Lipinski definition) is 8. The Bertz CT molecular complexity index is 1250. The number of carbonyl (C=O) groups excluding carboxylic acids is 2. The van der Waals surface area contributed by atoms with Gasteiger partial charge in [0.15, 0.2) is 0 Å². The molecule has 7 N–H and O–H groups in total. The number of nitrogens with one attached hydrogen (secondary N) is 1. The predicted octanol–water partition coefficient (Wildman–Crippen LogP) is -0.390. The summed E-state index contributed by atoms with van der Waals surface area (Å²) in [5.41, 5.74) is 18.5. The molecular weight excluding hydrogens is 498 g/mol. The van der Waals surface area contributed by atoms with Crippen LogP contribution in [0, 0.1) is 17.8 Å². The number of hydrogen-bond donors (Lipinski definition) is 4. The Morgan fingerprint density at radius 3 is 2.23 bits per heavy atom. The van der Waals surface area contributed by atoms with E-state index in [0.29, 0.717) is 49.6 Å². The summed E-state index contributed by atoms with van der Waals surface area (Å²) in [7, 11) is 0. The van der Waals surface area contributed by atoms with Crippen molar-refractivity contribution in [3.05, 3.63) is 52.6 Å². The summed E-state index contributed by atoms with van der Waals surface area (Å²) >= 11 is 0. The number of amides is 3. The van der Waals surface area contributed by atoms with Gasteiger partial charge in [0.1, 0.15) is 5.82 Å². The van der Waals surface area contributed by atoms with Crippen molar-refractivity contribution in [3.63, 3.8) is 0 Å². The molecule has 0 bridgehead atoms. The van der Waals surface area contributed by atoms with Crippen molar-refractivity contribution < 1.29 is 9.59 Å². The molecule has 4 atom stereocenters. The third-order valence-corrected chi connectivity index (χ3v) is 8.24. The number of piperidine rings is 1. The summed E-state index contributed by atoms with van der Waals surface area (Å²) in [5.74, 6) is 2.12.